The number of benzene rings is 2. The molecule has 0 atom stereocenters. The van der Waals surface area contributed by atoms with Crippen molar-refractivity contribution in [2.24, 2.45) is 0 Å². The van der Waals surface area contributed by atoms with E-state index in [-0.39, 0.29) is 12.4 Å². The quantitative estimate of drug-likeness (QED) is 0.519. The lowest BCUT2D eigenvalue weighted by molar-refractivity contribution is 0.303. The Hall–Kier alpha value is -2.37. The second-order valence-corrected chi connectivity index (χ2v) is 6.45. The summed E-state index contributed by atoms with van der Waals surface area (Å²) in [6.07, 6.45) is 1.08. The summed E-state index contributed by atoms with van der Waals surface area (Å²) in [5.74, 6) is 2.45. The minimum Gasteiger partial charge on any atom is -0.497 e. The van der Waals surface area contributed by atoms with Gasteiger partial charge in [-0.05, 0) is 62.5 Å². The van der Waals surface area contributed by atoms with Gasteiger partial charge in [-0.15, -0.1) is 12.4 Å². The Bertz CT molecular complexity index is 866. The van der Waals surface area contributed by atoms with Crippen LogP contribution in [0.3, 0.4) is 0 Å². The van der Waals surface area contributed by atoms with Gasteiger partial charge in [0.15, 0.2) is 5.82 Å². The van der Waals surface area contributed by atoms with E-state index in [0.717, 1.165) is 66.5 Å². The van der Waals surface area contributed by atoms with Crippen molar-refractivity contribution in [1.82, 2.24) is 14.9 Å². The summed E-state index contributed by atoms with van der Waals surface area (Å²) < 4.78 is 5.25. The summed E-state index contributed by atoms with van der Waals surface area (Å²) in [5, 5.41) is 4.57. The van der Waals surface area contributed by atoms with E-state index in [1.807, 2.05) is 42.5 Å². The van der Waals surface area contributed by atoms with Gasteiger partial charge in [0.2, 0.25) is 0 Å². The summed E-state index contributed by atoms with van der Waals surface area (Å²) in [4.78, 5) is 12.0. The van der Waals surface area contributed by atoms with Crippen molar-refractivity contribution in [3.05, 3.63) is 48.5 Å². The van der Waals surface area contributed by atoms with E-state index in [9.17, 15) is 0 Å². The first kappa shape index (κ1) is 21.9. The van der Waals surface area contributed by atoms with E-state index < -0.39 is 0 Å². The van der Waals surface area contributed by atoms with Crippen molar-refractivity contribution >= 4 is 29.1 Å². The van der Waals surface area contributed by atoms with E-state index in [4.69, 9.17) is 14.7 Å². The van der Waals surface area contributed by atoms with Crippen LogP contribution in [0, 0.1) is 0 Å². The Morgan fingerprint density at radius 2 is 1.68 bits per heavy atom. The average molecular weight is 401 g/mol. The molecule has 1 heterocycles. The number of methoxy groups -OCH3 is 1. The van der Waals surface area contributed by atoms with Gasteiger partial charge in [0.05, 0.1) is 12.6 Å². The van der Waals surface area contributed by atoms with Crippen molar-refractivity contribution in [2.75, 3.05) is 38.6 Å². The van der Waals surface area contributed by atoms with Crippen LogP contribution in [0.4, 0.5) is 5.82 Å². The Balaban J connectivity index is 0.00000280. The number of ether oxygens (including phenoxy) is 1. The lowest BCUT2D eigenvalue weighted by atomic mass is 10.1. The number of fused-ring (bicyclic) bond motifs is 1. The van der Waals surface area contributed by atoms with Crippen LogP contribution in [-0.4, -0.2) is 48.2 Å². The van der Waals surface area contributed by atoms with Crippen molar-refractivity contribution < 1.29 is 4.74 Å². The van der Waals surface area contributed by atoms with Gasteiger partial charge in [-0.1, -0.05) is 26.0 Å². The summed E-state index contributed by atoms with van der Waals surface area (Å²) in [7, 11) is 1.67. The number of rotatable bonds is 9. The number of halogens is 1. The molecule has 0 radical (unpaired) electrons. The lowest BCUT2D eigenvalue weighted by Crippen LogP contribution is -2.25. The topological polar surface area (TPSA) is 50.3 Å². The minimum absolute atomic E-state index is 0. The average Bonchev–Trinajstić information content (AvgIpc) is 2.73. The molecule has 0 amide bonds. The van der Waals surface area contributed by atoms with Crippen LogP contribution < -0.4 is 10.1 Å². The fourth-order valence-electron chi connectivity index (χ4n) is 3.13. The minimum atomic E-state index is 0. The van der Waals surface area contributed by atoms with Crippen LogP contribution in [0.2, 0.25) is 0 Å². The molecular weight excluding hydrogens is 372 g/mol. The number of para-hydroxylation sites is 1. The van der Waals surface area contributed by atoms with Gasteiger partial charge in [0, 0.05) is 17.5 Å². The predicted octanol–water partition coefficient (Wildman–Crippen LogP) is 4.87. The van der Waals surface area contributed by atoms with Gasteiger partial charge >= 0.3 is 0 Å². The number of hydrogen-bond acceptors (Lipinski definition) is 5. The van der Waals surface area contributed by atoms with Gasteiger partial charge in [0.25, 0.3) is 0 Å². The highest BCUT2D eigenvalue weighted by Crippen LogP contribution is 2.26. The van der Waals surface area contributed by atoms with Crippen molar-refractivity contribution in [2.45, 2.75) is 20.3 Å². The van der Waals surface area contributed by atoms with E-state index in [1.54, 1.807) is 7.11 Å². The number of nitrogens with zero attached hydrogens (tertiary/aromatic N) is 3. The summed E-state index contributed by atoms with van der Waals surface area (Å²) in [5.41, 5.74) is 1.93. The van der Waals surface area contributed by atoms with Gasteiger partial charge in [-0.25, -0.2) is 9.97 Å². The second kappa shape index (κ2) is 10.8. The second-order valence-electron chi connectivity index (χ2n) is 6.45. The van der Waals surface area contributed by atoms with Crippen LogP contribution in [0.15, 0.2) is 48.5 Å². The van der Waals surface area contributed by atoms with Crippen molar-refractivity contribution in [3.8, 4) is 17.1 Å². The molecule has 0 spiro atoms. The first-order valence-electron chi connectivity index (χ1n) is 9.62. The lowest BCUT2D eigenvalue weighted by Gasteiger charge is -2.18. The van der Waals surface area contributed by atoms with Crippen molar-refractivity contribution in [1.29, 1.82) is 0 Å². The van der Waals surface area contributed by atoms with Crippen LogP contribution >= 0.6 is 12.4 Å². The van der Waals surface area contributed by atoms with Crippen LogP contribution in [-0.2, 0) is 0 Å². The van der Waals surface area contributed by atoms with Gasteiger partial charge in [-0.2, -0.15) is 0 Å². The van der Waals surface area contributed by atoms with Gasteiger partial charge in [-0.3, -0.25) is 0 Å². The normalized spacial score (nSPS) is 10.7. The molecule has 2 aromatic carbocycles. The molecule has 3 aromatic rings. The van der Waals surface area contributed by atoms with E-state index in [1.165, 1.54) is 0 Å². The third-order valence-corrected chi connectivity index (χ3v) is 4.79. The molecule has 0 fully saturated rings. The van der Waals surface area contributed by atoms with Crippen LogP contribution in [0.1, 0.15) is 20.3 Å². The maximum Gasteiger partial charge on any atom is 0.162 e. The number of aromatic nitrogens is 2. The molecule has 150 valence electrons. The smallest absolute Gasteiger partial charge is 0.162 e. The van der Waals surface area contributed by atoms with Gasteiger partial charge in [0.1, 0.15) is 11.6 Å². The monoisotopic (exact) mass is 400 g/mol. The molecule has 0 aliphatic rings. The van der Waals surface area contributed by atoms with Crippen molar-refractivity contribution in [3.63, 3.8) is 0 Å². The molecule has 0 bridgehead atoms. The highest BCUT2D eigenvalue weighted by molar-refractivity contribution is 5.90. The molecule has 1 aromatic heterocycles. The Kier molecular flexibility index (Phi) is 8.48. The highest BCUT2D eigenvalue weighted by Gasteiger charge is 2.09. The molecule has 0 saturated carbocycles. The molecule has 5 nitrogen and oxygen atoms in total. The summed E-state index contributed by atoms with van der Waals surface area (Å²) in [6, 6.07) is 16.0. The predicted molar refractivity (Wildman–Crippen MR) is 120 cm³/mol. The zero-order valence-electron chi connectivity index (χ0n) is 16.8. The maximum atomic E-state index is 5.25. The Morgan fingerprint density at radius 1 is 0.964 bits per heavy atom. The molecule has 0 aliphatic carbocycles. The highest BCUT2D eigenvalue weighted by atomic mass is 35.5. The molecule has 3 rings (SSSR count). The molecular formula is C22H29ClN4O. The number of anilines is 1. The van der Waals surface area contributed by atoms with E-state index in [0.29, 0.717) is 0 Å². The van der Waals surface area contributed by atoms with Crippen LogP contribution in [0.25, 0.3) is 22.3 Å². The summed E-state index contributed by atoms with van der Waals surface area (Å²) in [6.45, 7) is 8.57. The zero-order chi connectivity index (χ0) is 19.1. The number of hydrogen-bond donors (Lipinski definition) is 1. The fraction of sp³-hybridized carbons (Fsp3) is 0.364. The first-order chi connectivity index (χ1) is 13.2. The third-order valence-electron chi connectivity index (χ3n) is 4.79. The molecule has 0 aliphatic heterocycles. The third kappa shape index (κ3) is 5.33. The fourth-order valence-corrected chi connectivity index (χ4v) is 3.13. The maximum absolute atomic E-state index is 5.25. The SMILES string of the molecule is CCN(CC)CCCNc1nc(-c2ccc(OC)cc2)nc2ccccc12.Cl. The molecule has 6 heteroatoms. The van der Waals surface area contributed by atoms with Crippen LogP contribution in [0.5, 0.6) is 5.75 Å². The Morgan fingerprint density at radius 3 is 2.36 bits per heavy atom. The molecule has 1 N–H and O–H groups in total. The molecule has 28 heavy (non-hydrogen) atoms. The summed E-state index contributed by atoms with van der Waals surface area (Å²) >= 11 is 0. The van der Waals surface area contributed by atoms with E-state index in [2.05, 4.69) is 30.1 Å². The standard InChI is InChI=1S/C22H28N4O.ClH/c1-4-26(5-2)16-8-15-23-22-19-9-6-7-10-20(19)24-21(25-22)17-11-13-18(27-3)14-12-17;/h6-7,9-14H,4-5,8,15-16H2,1-3H3,(H,23,24,25);1H. The number of nitrogens with one attached hydrogen (secondary N) is 1. The Labute approximate surface area is 173 Å². The van der Waals surface area contributed by atoms with Gasteiger partial charge < -0.3 is 15.0 Å². The first-order valence-corrected chi connectivity index (χ1v) is 9.62. The molecule has 0 saturated heterocycles. The van der Waals surface area contributed by atoms with E-state index >= 15 is 0 Å². The zero-order valence-corrected chi connectivity index (χ0v) is 17.6. The molecule has 0 unspecified atom stereocenters. The largest absolute Gasteiger partial charge is 0.497 e.